The lowest BCUT2D eigenvalue weighted by Gasteiger charge is -2.11. The maximum atomic E-state index is 12.9. The molecule has 0 saturated carbocycles. The third-order valence-corrected chi connectivity index (χ3v) is 5.70. The Balaban J connectivity index is 1.72. The summed E-state index contributed by atoms with van der Waals surface area (Å²) < 4.78 is 15.8. The molecule has 0 spiro atoms. The van der Waals surface area contributed by atoms with Crippen molar-refractivity contribution in [2.75, 3.05) is 32.4 Å². The summed E-state index contributed by atoms with van der Waals surface area (Å²) in [5.41, 5.74) is 8.00. The van der Waals surface area contributed by atoms with Crippen LogP contribution in [0, 0.1) is 0 Å². The lowest BCUT2D eigenvalue weighted by Crippen LogP contribution is -2.12. The predicted octanol–water partition coefficient (Wildman–Crippen LogP) is 4.31. The Hall–Kier alpha value is -3.52. The minimum absolute atomic E-state index is 0.324. The molecule has 0 fully saturated rings. The molecule has 3 N–H and O–H groups in total. The maximum Gasteiger partial charge on any atom is 0.268 e. The first kappa shape index (κ1) is 18.8. The number of nitrogens with zero attached hydrogens (tertiary/aromatic N) is 1. The molecule has 0 saturated heterocycles. The third kappa shape index (κ3) is 3.38. The van der Waals surface area contributed by atoms with Gasteiger partial charge in [-0.05, 0) is 30.3 Å². The number of benzene rings is 2. The van der Waals surface area contributed by atoms with Crippen LogP contribution in [-0.4, -0.2) is 32.2 Å². The van der Waals surface area contributed by atoms with E-state index in [0.717, 1.165) is 22.0 Å². The summed E-state index contributed by atoms with van der Waals surface area (Å²) in [6.07, 6.45) is 0. The number of nitrogens with one attached hydrogen (secondary N) is 1. The molecule has 0 aliphatic rings. The van der Waals surface area contributed by atoms with Crippen LogP contribution in [0.5, 0.6) is 17.2 Å². The van der Waals surface area contributed by atoms with Gasteiger partial charge in [0, 0.05) is 22.9 Å². The minimum atomic E-state index is -0.324. The Labute approximate surface area is 171 Å². The number of methoxy groups -OCH3 is 3. The van der Waals surface area contributed by atoms with Gasteiger partial charge in [-0.3, -0.25) is 4.79 Å². The molecule has 8 heteroatoms. The Kier molecular flexibility index (Phi) is 4.85. The minimum Gasteiger partial charge on any atom is -0.497 e. The molecule has 0 bridgehead atoms. The lowest BCUT2D eigenvalue weighted by atomic mass is 10.1. The number of fused-ring (bicyclic) bond motifs is 2. The summed E-state index contributed by atoms with van der Waals surface area (Å²) in [4.78, 5) is 18.6. The quantitative estimate of drug-likeness (QED) is 0.510. The highest BCUT2D eigenvalue weighted by atomic mass is 32.1. The number of nitrogens with two attached hydrogens (primary N) is 1. The highest BCUT2D eigenvalue weighted by Crippen LogP contribution is 2.36. The van der Waals surface area contributed by atoms with Crippen molar-refractivity contribution in [2.45, 2.75) is 0 Å². The Morgan fingerprint density at radius 1 is 1.00 bits per heavy atom. The fourth-order valence-electron chi connectivity index (χ4n) is 3.05. The second-order valence-corrected chi connectivity index (χ2v) is 7.26. The number of pyridine rings is 1. The molecule has 1 amide bonds. The second kappa shape index (κ2) is 7.48. The molecule has 4 aromatic rings. The first-order chi connectivity index (χ1) is 14.0. The zero-order valence-corrected chi connectivity index (χ0v) is 16.9. The van der Waals surface area contributed by atoms with Crippen molar-refractivity contribution >= 4 is 49.7 Å². The van der Waals surface area contributed by atoms with E-state index in [1.54, 1.807) is 32.4 Å². The van der Waals surface area contributed by atoms with Gasteiger partial charge in [0.2, 0.25) is 0 Å². The number of aromatic nitrogens is 1. The topological polar surface area (TPSA) is 95.7 Å². The molecule has 148 valence electrons. The van der Waals surface area contributed by atoms with Crippen LogP contribution in [0.2, 0.25) is 0 Å². The highest BCUT2D eigenvalue weighted by molar-refractivity contribution is 7.21. The van der Waals surface area contributed by atoms with Gasteiger partial charge in [0.1, 0.15) is 27.0 Å². The Morgan fingerprint density at radius 2 is 1.72 bits per heavy atom. The zero-order chi connectivity index (χ0) is 20.5. The summed E-state index contributed by atoms with van der Waals surface area (Å²) in [7, 11) is 4.71. The number of anilines is 2. The molecule has 4 rings (SSSR count). The molecule has 2 heterocycles. The number of nitrogen functional groups attached to an aromatic ring is 1. The van der Waals surface area contributed by atoms with E-state index in [4.69, 9.17) is 19.9 Å². The number of rotatable bonds is 5. The first-order valence-electron chi connectivity index (χ1n) is 8.74. The number of amides is 1. The Bertz CT molecular complexity index is 1240. The van der Waals surface area contributed by atoms with Crippen LogP contribution in [-0.2, 0) is 0 Å². The van der Waals surface area contributed by atoms with Crippen molar-refractivity contribution in [1.29, 1.82) is 0 Å². The largest absolute Gasteiger partial charge is 0.497 e. The van der Waals surface area contributed by atoms with Crippen molar-refractivity contribution < 1.29 is 19.0 Å². The van der Waals surface area contributed by atoms with E-state index in [1.807, 2.05) is 24.3 Å². The second-order valence-electron chi connectivity index (χ2n) is 6.26. The average molecular weight is 409 g/mol. The van der Waals surface area contributed by atoms with E-state index >= 15 is 0 Å². The van der Waals surface area contributed by atoms with Gasteiger partial charge >= 0.3 is 0 Å². The molecule has 2 aromatic heterocycles. The van der Waals surface area contributed by atoms with Crippen LogP contribution >= 0.6 is 11.3 Å². The van der Waals surface area contributed by atoms with Crippen LogP contribution in [0.1, 0.15) is 9.67 Å². The van der Waals surface area contributed by atoms with Crippen LogP contribution in [0.25, 0.3) is 21.1 Å². The Morgan fingerprint density at radius 3 is 2.45 bits per heavy atom. The molecule has 0 atom stereocenters. The van der Waals surface area contributed by atoms with Gasteiger partial charge in [0.15, 0.2) is 0 Å². The third-order valence-electron chi connectivity index (χ3n) is 4.59. The van der Waals surface area contributed by atoms with E-state index in [2.05, 4.69) is 10.3 Å². The van der Waals surface area contributed by atoms with Gasteiger partial charge in [-0.2, -0.15) is 0 Å². The summed E-state index contributed by atoms with van der Waals surface area (Å²) in [6.45, 7) is 0. The SMILES string of the molecule is COc1ccc(NC(=O)c2sc3nc4cc(OC)ccc4cc3c2N)c(OC)c1. The van der Waals surface area contributed by atoms with Crippen molar-refractivity contribution in [2.24, 2.45) is 0 Å². The molecule has 0 aliphatic carbocycles. The number of hydrogen-bond donors (Lipinski definition) is 2. The summed E-state index contributed by atoms with van der Waals surface area (Å²) in [5.74, 6) is 1.52. The van der Waals surface area contributed by atoms with Gasteiger partial charge in [-0.15, -0.1) is 11.3 Å². The summed E-state index contributed by atoms with van der Waals surface area (Å²) in [6, 6.07) is 12.7. The fourth-order valence-corrected chi connectivity index (χ4v) is 4.03. The van der Waals surface area contributed by atoms with Crippen LogP contribution < -0.4 is 25.3 Å². The lowest BCUT2D eigenvalue weighted by molar-refractivity contribution is 0.103. The van der Waals surface area contributed by atoms with E-state index in [-0.39, 0.29) is 5.91 Å². The number of carbonyl (C=O) groups is 1. The van der Waals surface area contributed by atoms with Gasteiger partial charge < -0.3 is 25.3 Å². The summed E-state index contributed by atoms with van der Waals surface area (Å²) >= 11 is 1.25. The van der Waals surface area contributed by atoms with E-state index in [0.29, 0.717) is 32.6 Å². The van der Waals surface area contributed by atoms with Crippen molar-refractivity contribution in [3.63, 3.8) is 0 Å². The maximum absolute atomic E-state index is 12.9. The number of ether oxygens (including phenoxy) is 3. The van der Waals surface area contributed by atoms with Crippen molar-refractivity contribution in [3.05, 3.63) is 47.3 Å². The van der Waals surface area contributed by atoms with Crippen LogP contribution in [0.15, 0.2) is 42.5 Å². The number of carbonyl (C=O) groups excluding carboxylic acids is 1. The smallest absolute Gasteiger partial charge is 0.268 e. The fraction of sp³-hybridized carbons (Fsp3) is 0.143. The van der Waals surface area contributed by atoms with Crippen molar-refractivity contribution in [3.8, 4) is 17.2 Å². The number of thiophene rings is 1. The van der Waals surface area contributed by atoms with Crippen molar-refractivity contribution in [1.82, 2.24) is 4.98 Å². The predicted molar refractivity (Wildman–Crippen MR) is 116 cm³/mol. The molecule has 2 aromatic carbocycles. The standard InChI is InChI=1S/C21H19N3O4S/c1-26-12-5-4-11-8-14-18(22)19(29-21(14)24-16(11)9-12)20(25)23-15-7-6-13(27-2)10-17(15)28-3/h4-10H,22H2,1-3H3,(H,23,25). The average Bonchev–Trinajstić information content (AvgIpc) is 3.07. The molecule has 0 unspecified atom stereocenters. The van der Waals surface area contributed by atoms with E-state index < -0.39 is 0 Å². The normalized spacial score (nSPS) is 10.9. The van der Waals surface area contributed by atoms with Gasteiger partial charge in [0.25, 0.3) is 5.91 Å². The van der Waals surface area contributed by atoms with Gasteiger partial charge in [-0.25, -0.2) is 4.98 Å². The van der Waals surface area contributed by atoms with Crippen LogP contribution in [0.3, 0.4) is 0 Å². The molecule has 7 nitrogen and oxygen atoms in total. The molecule has 0 radical (unpaired) electrons. The number of hydrogen-bond acceptors (Lipinski definition) is 7. The molecular formula is C21H19N3O4S. The van der Waals surface area contributed by atoms with E-state index in [9.17, 15) is 4.79 Å². The molecule has 29 heavy (non-hydrogen) atoms. The van der Waals surface area contributed by atoms with E-state index in [1.165, 1.54) is 18.4 Å². The molecule has 0 aliphatic heterocycles. The monoisotopic (exact) mass is 409 g/mol. The van der Waals surface area contributed by atoms with Gasteiger partial charge in [-0.1, -0.05) is 0 Å². The zero-order valence-electron chi connectivity index (χ0n) is 16.1. The first-order valence-corrected chi connectivity index (χ1v) is 9.56. The van der Waals surface area contributed by atoms with Crippen LogP contribution in [0.4, 0.5) is 11.4 Å². The molecular weight excluding hydrogens is 390 g/mol. The van der Waals surface area contributed by atoms with Gasteiger partial charge in [0.05, 0.1) is 38.2 Å². The summed E-state index contributed by atoms with van der Waals surface area (Å²) in [5, 5.41) is 4.53. The highest BCUT2D eigenvalue weighted by Gasteiger charge is 2.19.